The molecule has 0 saturated heterocycles. The number of hydrogen-bond acceptors (Lipinski definition) is 3. The number of hydrogen-bond donors (Lipinski definition) is 0. The fraction of sp³-hybridized carbons (Fsp3) is 0.533. The monoisotopic (exact) mass is 281 g/mol. The van der Waals surface area contributed by atoms with E-state index in [1.54, 1.807) is 13.2 Å². The number of aldehydes is 1. The minimum Gasteiger partial charge on any atom is -0.383 e. The maximum atomic E-state index is 11.3. The second-order valence-corrected chi connectivity index (χ2v) is 5.46. The van der Waals surface area contributed by atoms with Crippen LogP contribution in [0.3, 0.4) is 0 Å². The van der Waals surface area contributed by atoms with Gasteiger partial charge in [-0.15, -0.1) is 0 Å². The first kappa shape index (κ1) is 14.4. The third kappa shape index (κ3) is 3.28. The van der Waals surface area contributed by atoms with Crippen molar-refractivity contribution in [2.75, 3.05) is 25.2 Å². The second-order valence-electron chi connectivity index (χ2n) is 5.05. The van der Waals surface area contributed by atoms with Crippen molar-refractivity contribution in [2.45, 2.75) is 25.8 Å². The van der Waals surface area contributed by atoms with Crippen LogP contribution in [0.4, 0.5) is 5.69 Å². The van der Waals surface area contributed by atoms with E-state index in [-0.39, 0.29) is 0 Å². The first-order valence-corrected chi connectivity index (χ1v) is 7.06. The van der Waals surface area contributed by atoms with Gasteiger partial charge in [-0.25, -0.2) is 0 Å². The lowest BCUT2D eigenvalue weighted by molar-refractivity contribution is 0.112. The SMILES string of the molecule is COCCN(c1cccc(Cl)c1C=O)C(C)C1CC1. The Morgan fingerprint density at radius 2 is 2.26 bits per heavy atom. The predicted octanol–water partition coefficient (Wildman–Crippen LogP) is 3.40. The van der Waals surface area contributed by atoms with E-state index in [4.69, 9.17) is 16.3 Å². The van der Waals surface area contributed by atoms with E-state index in [9.17, 15) is 4.79 Å². The topological polar surface area (TPSA) is 29.5 Å². The Bertz CT molecular complexity index is 446. The molecular formula is C15H20ClNO2. The molecule has 1 aliphatic carbocycles. The van der Waals surface area contributed by atoms with Gasteiger partial charge >= 0.3 is 0 Å². The molecule has 0 spiro atoms. The highest BCUT2D eigenvalue weighted by molar-refractivity contribution is 6.33. The molecule has 0 aliphatic heterocycles. The maximum absolute atomic E-state index is 11.3. The van der Waals surface area contributed by atoms with Gasteiger partial charge in [0, 0.05) is 25.4 Å². The van der Waals surface area contributed by atoms with E-state index in [0.29, 0.717) is 23.2 Å². The van der Waals surface area contributed by atoms with Crippen LogP contribution in [0.1, 0.15) is 30.1 Å². The first-order valence-electron chi connectivity index (χ1n) is 6.68. The summed E-state index contributed by atoms with van der Waals surface area (Å²) < 4.78 is 5.18. The number of carbonyl (C=O) groups excluding carboxylic acids is 1. The highest BCUT2D eigenvalue weighted by Gasteiger charge is 2.32. The van der Waals surface area contributed by atoms with Crippen molar-refractivity contribution in [2.24, 2.45) is 5.92 Å². The van der Waals surface area contributed by atoms with Crippen molar-refractivity contribution in [3.63, 3.8) is 0 Å². The van der Waals surface area contributed by atoms with E-state index in [1.807, 2.05) is 12.1 Å². The normalized spacial score (nSPS) is 16.2. The summed E-state index contributed by atoms with van der Waals surface area (Å²) in [5.74, 6) is 0.718. The van der Waals surface area contributed by atoms with E-state index in [1.165, 1.54) is 12.8 Å². The summed E-state index contributed by atoms with van der Waals surface area (Å²) in [7, 11) is 1.69. The van der Waals surface area contributed by atoms with Gasteiger partial charge in [0.1, 0.15) is 0 Å². The molecule has 4 heteroatoms. The molecule has 3 nitrogen and oxygen atoms in total. The molecule has 1 unspecified atom stereocenters. The second kappa shape index (κ2) is 6.40. The van der Waals surface area contributed by atoms with Gasteiger partial charge in [0.2, 0.25) is 0 Å². The van der Waals surface area contributed by atoms with Crippen LogP contribution in [0.2, 0.25) is 5.02 Å². The van der Waals surface area contributed by atoms with Crippen LogP contribution in [-0.2, 0) is 4.74 Å². The minimum absolute atomic E-state index is 0.410. The fourth-order valence-electron chi connectivity index (χ4n) is 2.46. The van der Waals surface area contributed by atoms with E-state index < -0.39 is 0 Å². The third-order valence-electron chi connectivity index (χ3n) is 3.79. The van der Waals surface area contributed by atoms with Crippen molar-refractivity contribution >= 4 is 23.6 Å². The molecular weight excluding hydrogens is 262 g/mol. The van der Waals surface area contributed by atoms with Crippen LogP contribution in [0.25, 0.3) is 0 Å². The van der Waals surface area contributed by atoms with Gasteiger partial charge in [0.05, 0.1) is 17.2 Å². The number of methoxy groups -OCH3 is 1. The summed E-state index contributed by atoms with van der Waals surface area (Å²) in [5, 5.41) is 0.512. The number of anilines is 1. The van der Waals surface area contributed by atoms with Gasteiger partial charge in [0.15, 0.2) is 6.29 Å². The molecule has 0 N–H and O–H groups in total. The zero-order chi connectivity index (χ0) is 13.8. The molecule has 1 aromatic rings. The molecule has 1 saturated carbocycles. The largest absolute Gasteiger partial charge is 0.383 e. The van der Waals surface area contributed by atoms with Crippen LogP contribution >= 0.6 is 11.6 Å². The Labute approximate surface area is 119 Å². The zero-order valence-electron chi connectivity index (χ0n) is 11.4. The molecule has 0 amide bonds. The van der Waals surface area contributed by atoms with Crippen molar-refractivity contribution in [1.29, 1.82) is 0 Å². The molecule has 2 rings (SSSR count). The fourth-order valence-corrected chi connectivity index (χ4v) is 2.67. The number of halogens is 1. The number of carbonyl (C=O) groups is 1. The molecule has 1 fully saturated rings. The average molecular weight is 282 g/mol. The molecule has 0 aromatic heterocycles. The van der Waals surface area contributed by atoms with Gasteiger partial charge in [-0.1, -0.05) is 17.7 Å². The van der Waals surface area contributed by atoms with E-state index in [2.05, 4.69) is 11.8 Å². The maximum Gasteiger partial charge on any atom is 0.153 e. The van der Waals surface area contributed by atoms with Crippen molar-refractivity contribution in [1.82, 2.24) is 0 Å². The molecule has 0 heterocycles. The first-order chi connectivity index (χ1) is 9.19. The van der Waals surface area contributed by atoms with Crippen LogP contribution in [0.15, 0.2) is 18.2 Å². The molecule has 19 heavy (non-hydrogen) atoms. The Morgan fingerprint density at radius 1 is 1.53 bits per heavy atom. The van der Waals surface area contributed by atoms with Gasteiger partial charge < -0.3 is 9.64 Å². The standard InChI is InChI=1S/C15H20ClNO2/c1-11(12-6-7-12)17(8-9-19-2)15-5-3-4-14(16)13(15)10-18/h3-5,10-12H,6-9H2,1-2H3. The molecule has 1 atom stereocenters. The number of ether oxygens (including phenoxy) is 1. The van der Waals surface area contributed by atoms with E-state index in [0.717, 1.165) is 24.4 Å². The van der Waals surface area contributed by atoms with Gasteiger partial charge in [0.25, 0.3) is 0 Å². The van der Waals surface area contributed by atoms with Gasteiger partial charge in [-0.2, -0.15) is 0 Å². The highest BCUT2D eigenvalue weighted by Crippen LogP contribution is 2.38. The van der Waals surface area contributed by atoms with E-state index >= 15 is 0 Å². The Kier molecular flexibility index (Phi) is 4.83. The summed E-state index contributed by atoms with van der Waals surface area (Å²) in [4.78, 5) is 13.5. The van der Waals surface area contributed by atoms with Gasteiger partial charge in [-0.05, 0) is 37.8 Å². The van der Waals surface area contributed by atoms with Crippen LogP contribution < -0.4 is 4.90 Å². The minimum atomic E-state index is 0.410. The number of rotatable bonds is 7. The smallest absolute Gasteiger partial charge is 0.153 e. The van der Waals surface area contributed by atoms with Crippen molar-refractivity contribution in [3.05, 3.63) is 28.8 Å². The van der Waals surface area contributed by atoms with Gasteiger partial charge in [-0.3, -0.25) is 4.79 Å². The molecule has 0 bridgehead atoms. The Hall–Kier alpha value is -1.06. The quantitative estimate of drug-likeness (QED) is 0.718. The van der Waals surface area contributed by atoms with Crippen LogP contribution in [0.5, 0.6) is 0 Å². The summed E-state index contributed by atoms with van der Waals surface area (Å²) in [5.41, 5.74) is 1.49. The summed E-state index contributed by atoms with van der Waals surface area (Å²) in [6, 6.07) is 6.02. The lowest BCUT2D eigenvalue weighted by Gasteiger charge is -2.32. The number of nitrogens with zero attached hydrogens (tertiary/aromatic N) is 1. The van der Waals surface area contributed by atoms with Crippen LogP contribution in [0, 0.1) is 5.92 Å². The Morgan fingerprint density at radius 3 is 2.84 bits per heavy atom. The predicted molar refractivity (Wildman–Crippen MR) is 78.2 cm³/mol. The summed E-state index contributed by atoms with van der Waals surface area (Å²) in [6.45, 7) is 3.63. The third-order valence-corrected chi connectivity index (χ3v) is 4.12. The average Bonchev–Trinajstić information content (AvgIpc) is 3.23. The molecule has 0 radical (unpaired) electrons. The molecule has 1 aromatic carbocycles. The Balaban J connectivity index is 2.30. The summed E-state index contributed by atoms with van der Waals surface area (Å²) in [6.07, 6.45) is 3.38. The zero-order valence-corrected chi connectivity index (χ0v) is 12.2. The lowest BCUT2D eigenvalue weighted by Crippen LogP contribution is -2.38. The number of benzene rings is 1. The summed E-state index contributed by atoms with van der Waals surface area (Å²) >= 11 is 6.12. The lowest BCUT2D eigenvalue weighted by atomic mass is 10.1. The molecule has 104 valence electrons. The van der Waals surface area contributed by atoms with Crippen LogP contribution in [-0.4, -0.2) is 32.6 Å². The molecule has 1 aliphatic rings. The van der Waals surface area contributed by atoms with Crippen molar-refractivity contribution < 1.29 is 9.53 Å². The van der Waals surface area contributed by atoms with Crippen molar-refractivity contribution in [3.8, 4) is 0 Å². The highest BCUT2D eigenvalue weighted by atomic mass is 35.5.